The van der Waals surface area contributed by atoms with Crippen molar-refractivity contribution < 1.29 is 4.79 Å². The fourth-order valence-electron chi connectivity index (χ4n) is 3.88. The molecule has 2 aliphatic heterocycles. The molecule has 1 aromatic heterocycles. The van der Waals surface area contributed by atoms with E-state index in [1.165, 1.54) is 13.1 Å². The molecule has 1 N–H and O–H groups in total. The second-order valence-corrected chi connectivity index (χ2v) is 7.28. The molecule has 0 aliphatic carbocycles. The number of carbonyl (C=O) groups excluding carboxylic acids is 1. The third-order valence-corrected chi connectivity index (χ3v) is 5.57. The zero-order valence-electron chi connectivity index (χ0n) is 15.9. The Morgan fingerprint density at radius 3 is 2.77 bits per heavy atom. The predicted octanol–water partition coefficient (Wildman–Crippen LogP) is 1.39. The third kappa shape index (κ3) is 5.38. The number of urea groups is 1. The van der Waals surface area contributed by atoms with Gasteiger partial charge in [0.1, 0.15) is 6.33 Å². The summed E-state index contributed by atoms with van der Waals surface area (Å²) < 4.78 is 0. The van der Waals surface area contributed by atoms with E-state index in [1.807, 2.05) is 11.0 Å². The van der Waals surface area contributed by atoms with Gasteiger partial charge in [-0.2, -0.15) is 0 Å². The summed E-state index contributed by atoms with van der Waals surface area (Å²) in [6.45, 7) is 11.4. The van der Waals surface area contributed by atoms with Crippen molar-refractivity contribution in [1.29, 1.82) is 0 Å². The van der Waals surface area contributed by atoms with Crippen molar-refractivity contribution in [1.82, 2.24) is 30.0 Å². The van der Waals surface area contributed by atoms with Crippen molar-refractivity contribution in [3.05, 3.63) is 24.3 Å². The number of hydrogen-bond acceptors (Lipinski definition) is 5. The number of nitrogens with zero attached hydrogens (tertiary/aromatic N) is 5. The van der Waals surface area contributed by atoms with Crippen LogP contribution in [0.15, 0.2) is 18.6 Å². The molecule has 2 amide bonds. The van der Waals surface area contributed by atoms with Crippen LogP contribution in [0.5, 0.6) is 0 Å². The first-order chi connectivity index (χ1) is 12.8. The Morgan fingerprint density at radius 2 is 2.04 bits per heavy atom. The normalized spacial score (nSPS) is 22.3. The van der Waals surface area contributed by atoms with Crippen molar-refractivity contribution in [2.45, 2.75) is 32.1 Å². The largest absolute Gasteiger partial charge is 0.338 e. The quantitative estimate of drug-likeness (QED) is 0.777. The van der Waals surface area contributed by atoms with E-state index < -0.39 is 0 Å². The van der Waals surface area contributed by atoms with Gasteiger partial charge in [0, 0.05) is 63.6 Å². The predicted molar refractivity (Wildman–Crippen MR) is 102 cm³/mol. The molecule has 3 rings (SSSR count). The number of likely N-dealkylation sites (N-methyl/N-ethyl adjacent to an activating group) is 1. The number of piperidine rings is 1. The number of piperazine rings is 1. The van der Waals surface area contributed by atoms with E-state index in [0.717, 1.165) is 70.8 Å². The van der Waals surface area contributed by atoms with Crippen LogP contribution in [-0.4, -0.2) is 89.6 Å². The van der Waals surface area contributed by atoms with Crippen LogP contribution < -0.4 is 5.32 Å². The maximum atomic E-state index is 12.5. The molecule has 0 saturated carbocycles. The lowest BCUT2D eigenvalue weighted by Crippen LogP contribution is -2.47. The Hall–Kier alpha value is -1.73. The maximum Gasteiger partial charge on any atom is 0.317 e. The lowest BCUT2D eigenvalue weighted by molar-refractivity contribution is 0.135. The molecular weight excluding hydrogens is 328 g/mol. The van der Waals surface area contributed by atoms with Crippen LogP contribution in [0.25, 0.3) is 0 Å². The SMILES string of the molecule is CCN1CCN(CCCNC(=O)N2CCCC(c3ccncn3)C2)CC1. The van der Waals surface area contributed by atoms with Gasteiger partial charge in [0.25, 0.3) is 0 Å². The maximum absolute atomic E-state index is 12.5. The Balaban J connectivity index is 1.34. The molecule has 26 heavy (non-hydrogen) atoms. The van der Waals surface area contributed by atoms with Gasteiger partial charge in [-0.1, -0.05) is 6.92 Å². The molecular formula is C19H32N6O. The van der Waals surface area contributed by atoms with Gasteiger partial charge in [-0.15, -0.1) is 0 Å². The Morgan fingerprint density at radius 1 is 1.23 bits per heavy atom. The van der Waals surface area contributed by atoms with E-state index in [1.54, 1.807) is 12.5 Å². The van der Waals surface area contributed by atoms with Crippen molar-refractivity contribution in [3.8, 4) is 0 Å². The number of likely N-dealkylation sites (tertiary alicyclic amines) is 1. The summed E-state index contributed by atoms with van der Waals surface area (Å²) in [7, 11) is 0. The Bertz CT molecular complexity index is 546. The average molecular weight is 361 g/mol. The highest BCUT2D eigenvalue weighted by atomic mass is 16.2. The van der Waals surface area contributed by atoms with Crippen LogP contribution in [-0.2, 0) is 0 Å². The molecule has 1 unspecified atom stereocenters. The highest BCUT2D eigenvalue weighted by Gasteiger charge is 2.25. The molecule has 0 bridgehead atoms. The summed E-state index contributed by atoms with van der Waals surface area (Å²) in [4.78, 5) is 27.7. The van der Waals surface area contributed by atoms with Gasteiger partial charge in [-0.25, -0.2) is 14.8 Å². The second-order valence-electron chi connectivity index (χ2n) is 7.28. The third-order valence-electron chi connectivity index (χ3n) is 5.57. The van der Waals surface area contributed by atoms with Crippen LogP contribution in [0, 0.1) is 0 Å². The lowest BCUT2D eigenvalue weighted by atomic mass is 9.95. The topological polar surface area (TPSA) is 64.6 Å². The van der Waals surface area contributed by atoms with Crippen LogP contribution in [0.4, 0.5) is 4.79 Å². The Labute approximate surface area is 156 Å². The number of amides is 2. The number of rotatable bonds is 6. The molecule has 0 aromatic carbocycles. The molecule has 1 aromatic rings. The molecule has 0 spiro atoms. The monoisotopic (exact) mass is 360 g/mol. The van der Waals surface area contributed by atoms with E-state index in [0.29, 0.717) is 5.92 Å². The number of nitrogens with one attached hydrogen (secondary N) is 1. The highest BCUT2D eigenvalue weighted by molar-refractivity contribution is 5.74. The van der Waals surface area contributed by atoms with Crippen LogP contribution in [0.2, 0.25) is 0 Å². The number of hydrogen-bond donors (Lipinski definition) is 1. The summed E-state index contributed by atoms with van der Waals surface area (Å²) in [5, 5.41) is 3.10. The first kappa shape index (κ1) is 19.0. The smallest absolute Gasteiger partial charge is 0.317 e. The molecule has 7 nitrogen and oxygen atoms in total. The molecule has 3 heterocycles. The van der Waals surface area contributed by atoms with Gasteiger partial charge in [-0.05, 0) is 38.4 Å². The zero-order valence-corrected chi connectivity index (χ0v) is 15.9. The minimum Gasteiger partial charge on any atom is -0.338 e. The fourth-order valence-corrected chi connectivity index (χ4v) is 3.88. The van der Waals surface area contributed by atoms with Gasteiger partial charge in [0.15, 0.2) is 0 Å². The van der Waals surface area contributed by atoms with Crippen molar-refractivity contribution in [2.24, 2.45) is 0 Å². The van der Waals surface area contributed by atoms with Crippen molar-refractivity contribution in [2.75, 3.05) is 58.9 Å². The van der Waals surface area contributed by atoms with Crippen LogP contribution >= 0.6 is 0 Å². The zero-order chi connectivity index (χ0) is 18.2. The fraction of sp³-hybridized carbons (Fsp3) is 0.737. The average Bonchev–Trinajstić information content (AvgIpc) is 2.72. The molecule has 2 saturated heterocycles. The van der Waals surface area contributed by atoms with Gasteiger partial charge in [-0.3, -0.25) is 0 Å². The van der Waals surface area contributed by atoms with E-state index in [4.69, 9.17) is 0 Å². The van der Waals surface area contributed by atoms with Crippen LogP contribution in [0.1, 0.15) is 37.8 Å². The van der Waals surface area contributed by atoms with E-state index in [-0.39, 0.29) is 6.03 Å². The first-order valence-electron chi connectivity index (χ1n) is 9.99. The standard InChI is InChI=1S/C19H32N6O/c1-2-23-11-13-24(14-12-23)9-4-7-21-19(26)25-10-3-5-17(15-25)18-6-8-20-16-22-18/h6,8,16-17H,2-5,7,9-15H2,1H3,(H,21,26). The molecule has 2 fully saturated rings. The highest BCUT2D eigenvalue weighted by Crippen LogP contribution is 2.24. The van der Waals surface area contributed by atoms with E-state index >= 15 is 0 Å². The van der Waals surface area contributed by atoms with Gasteiger partial charge >= 0.3 is 6.03 Å². The summed E-state index contributed by atoms with van der Waals surface area (Å²) in [5.74, 6) is 0.326. The molecule has 2 aliphatic rings. The van der Waals surface area contributed by atoms with E-state index in [2.05, 4.69) is 32.0 Å². The number of carbonyl (C=O) groups is 1. The van der Waals surface area contributed by atoms with Gasteiger partial charge in [0.05, 0.1) is 0 Å². The summed E-state index contributed by atoms with van der Waals surface area (Å²) >= 11 is 0. The minimum absolute atomic E-state index is 0.0690. The summed E-state index contributed by atoms with van der Waals surface area (Å²) in [5.41, 5.74) is 1.05. The molecule has 1 atom stereocenters. The summed E-state index contributed by atoms with van der Waals surface area (Å²) in [6, 6.07) is 2.03. The van der Waals surface area contributed by atoms with Crippen LogP contribution in [0.3, 0.4) is 0 Å². The minimum atomic E-state index is 0.0690. The summed E-state index contributed by atoms with van der Waals surface area (Å²) in [6.07, 6.45) is 6.51. The molecule has 7 heteroatoms. The first-order valence-corrected chi connectivity index (χ1v) is 9.99. The molecule has 144 valence electrons. The number of aromatic nitrogens is 2. The van der Waals surface area contributed by atoms with E-state index in [9.17, 15) is 4.79 Å². The van der Waals surface area contributed by atoms with Crippen molar-refractivity contribution >= 4 is 6.03 Å². The van der Waals surface area contributed by atoms with Gasteiger partial charge < -0.3 is 20.0 Å². The second kappa shape index (κ2) is 9.83. The molecule has 0 radical (unpaired) electrons. The lowest BCUT2D eigenvalue weighted by Gasteiger charge is -2.34. The van der Waals surface area contributed by atoms with Gasteiger partial charge in [0.2, 0.25) is 0 Å². The van der Waals surface area contributed by atoms with Crippen molar-refractivity contribution in [3.63, 3.8) is 0 Å². The Kier molecular flexibility index (Phi) is 7.20.